The molecule has 0 radical (unpaired) electrons. The minimum Gasteiger partial charge on any atom is -0.398 e. The fraction of sp³-hybridized carbons (Fsp3) is 0.200. The molecular formula is C15H15FN4. The number of nitrogen functional groups attached to an aromatic ring is 1. The number of hydrogen-bond donors (Lipinski definition) is 1. The lowest BCUT2D eigenvalue weighted by molar-refractivity contribution is 0.622. The number of nitrogens with two attached hydrogens (primary N) is 1. The van der Waals surface area contributed by atoms with Crippen molar-refractivity contribution in [3.8, 4) is 11.4 Å². The molecule has 2 aromatic heterocycles. The second kappa shape index (κ2) is 4.59. The summed E-state index contributed by atoms with van der Waals surface area (Å²) in [5.74, 6) is 0.389. The van der Waals surface area contributed by atoms with Crippen LogP contribution in [-0.4, -0.2) is 14.5 Å². The van der Waals surface area contributed by atoms with E-state index in [-0.39, 0.29) is 11.9 Å². The summed E-state index contributed by atoms with van der Waals surface area (Å²) >= 11 is 0. The van der Waals surface area contributed by atoms with Gasteiger partial charge in [-0.25, -0.2) is 9.37 Å². The van der Waals surface area contributed by atoms with Gasteiger partial charge in [0.05, 0.1) is 11.7 Å². The molecule has 20 heavy (non-hydrogen) atoms. The second-order valence-electron chi connectivity index (χ2n) is 5.00. The molecular weight excluding hydrogens is 255 g/mol. The quantitative estimate of drug-likeness (QED) is 0.726. The van der Waals surface area contributed by atoms with Crippen molar-refractivity contribution < 1.29 is 4.39 Å². The molecule has 0 amide bonds. The molecule has 0 aliphatic rings. The largest absolute Gasteiger partial charge is 0.398 e. The Hall–Kier alpha value is -2.43. The number of rotatable bonds is 2. The SMILES string of the molecule is CC(C)n1c(-c2ccc(F)cc2N)nc2cnccc21. The van der Waals surface area contributed by atoms with Gasteiger partial charge in [0.25, 0.3) is 0 Å². The Labute approximate surface area is 116 Å². The molecule has 102 valence electrons. The summed E-state index contributed by atoms with van der Waals surface area (Å²) in [6.45, 7) is 4.15. The molecule has 2 heterocycles. The Bertz CT molecular complexity index is 777. The first-order valence-corrected chi connectivity index (χ1v) is 6.45. The van der Waals surface area contributed by atoms with E-state index in [2.05, 4.69) is 28.4 Å². The van der Waals surface area contributed by atoms with Gasteiger partial charge in [-0.2, -0.15) is 0 Å². The number of aromatic nitrogens is 3. The van der Waals surface area contributed by atoms with Crippen LogP contribution in [0.2, 0.25) is 0 Å². The lowest BCUT2D eigenvalue weighted by atomic mass is 10.1. The third-order valence-electron chi connectivity index (χ3n) is 3.26. The molecule has 3 rings (SSSR count). The van der Waals surface area contributed by atoms with Crippen LogP contribution in [0.1, 0.15) is 19.9 Å². The van der Waals surface area contributed by atoms with Gasteiger partial charge < -0.3 is 10.3 Å². The van der Waals surface area contributed by atoms with E-state index in [9.17, 15) is 4.39 Å². The topological polar surface area (TPSA) is 56.7 Å². The maximum Gasteiger partial charge on any atom is 0.143 e. The zero-order valence-electron chi connectivity index (χ0n) is 11.3. The van der Waals surface area contributed by atoms with Crippen LogP contribution in [0.15, 0.2) is 36.7 Å². The molecule has 0 unspecified atom stereocenters. The van der Waals surface area contributed by atoms with Crippen molar-refractivity contribution in [2.75, 3.05) is 5.73 Å². The Morgan fingerprint density at radius 3 is 2.75 bits per heavy atom. The van der Waals surface area contributed by atoms with Crippen molar-refractivity contribution in [1.82, 2.24) is 14.5 Å². The molecule has 0 saturated heterocycles. The lowest BCUT2D eigenvalue weighted by Gasteiger charge is -2.14. The molecule has 0 saturated carbocycles. The Morgan fingerprint density at radius 2 is 2.05 bits per heavy atom. The highest BCUT2D eigenvalue weighted by atomic mass is 19.1. The number of benzene rings is 1. The molecule has 0 bridgehead atoms. The number of imidazole rings is 1. The first kappa shape index (κ1) is 12.6. The highest BCUT2D eigenvalue weighted by Gasteiger charge is 2.16. The summed E-state index contributed by atoms with van der Waals surface area (Å²) in [4.78, 5) is 8.68. The average molecular weight is 270 g/mol. The van der Waals surface area contributed by atoms with Crippen molar-refractivity contribution in [1.29, 1.82) is 0 Å². The van der Waals surface area contributed by atoms with E-state index in [4.69, 9.17) is 5.73 Å². The summed E-state index contributed by atoms with van der Waals surface area (Å²) in [5, 5.41) is 0. The van der Waals surface area contributed by atoms with Crippen LogP contribution in [0.5, 0.6) is 0 Å². The fourth-order valence-corrected chi connectivity index (χ4v) is 2.40. The number of halogens is 1. The maximum atomic E-state index is 13.2. The molecule has 3 aromatic rings. The molecule has 0 aliphatic carbocycles. The Kier molecular flexibility index (Phi) is 2.89. The van der Waals surface area contributed by atoms with E-state index in [1.54, 1.807) is 18.5 Å². The Balaban J connectivity index is 2.32. The molecule has 5 heteroatoms. The number of hydrogen-bond acceptors (Lipinski definition) is 3. The summed E-state index contributed by atoms with van der Waals surface area (Å²) < 4.78 is 15.3. The molecule has 2 N–H and O–H groups in total. The zero-order valence-corrected chi connectivity index (χ0v) is 11.3. The smallest absolute Gasteiger partial charge is 0.143 e. The molecule has 1 aromatic carbocycles. The van der Waals surface area contributed by atoms with Gasteiger partial charge in [-0.15, -0.1) is 0 Å². The summed E-state index contributed by atoms with van der Waals surface area (Å²) in [6.07, 6.45) is 3.46. The van der Waals surface area contributed by atoms with Gasteiger partial charge >= 0.3 is 0 Å². The van der Waals surface area contributed by atoms with Crippen molar-refractivity contribution >= 4 is 16.7 Å². The maximum absolute atomic E-state index is 13.2. The third-order valence-corrected chi connectivity index (χ3v) is 3.26. The highest BCUT2D eigenvalue weighted by Crippen LogP contribution is 2.31. The first-order valence-electron chi connectivity index (χ1n) is 6.45. The van der Waals surface area contributed by atoms with Crippen LogP contribution < -0.4 is 5.73 Å². The van der Waals surface area contributed by atoms with Crippen LogP contribution >= 0.6 is 0 Å². The van der Waals surface area contributed by atoms with Gasteiger partial charge in [0.2, 0.25) is 0 Å². The number of nitrogens with zero attached hydrogens (tertiary/aromatic N) is 3. The Morgan fingerprint density at radius 1 is 1.25 bits per heavy atom. The molecule has 0 atom stereocenters. The highest BCUT2D eigenvalue weighted by molar-refractivity contribution is 5.83. The average Bonchev–Trinajstić information content (AvgIpc) is 2.77. The van der Waals surface area contributed by atoms with Crippen LogP contribution in [0.4, 0.5) is 10.1 Å². The predicted molar refractivity (Wildman–Crippen MR) is 77.7 cm³/mol. The van der Waals surface area contributed by atoms with Crippen LogP contribution in [0.3, 0.4) is 0 Å². The van der Waals surface area contributed by atoms with Crippen molar-refractivity contribution in [3.63, 3.8) is 0 Å². The van der Waals surface area contributed by atoms with E-state index in [1.807, 2.05) is 6.07 Å². The minimum atomic E-state index is -0.347. The monoisotopic (exact) mass is 270 g/mol. The van der Waals surface area contributed by atoms with Crippen molar-refractivity contribution in [2.45, 2.75) is 19.9 Å². The molecule has 0 spiro atoms. The lowest BCUT2D eigenvalue weighted by Crippen LogP contribution is -2.04. The van der Waals surface area contributed by atoms with E-state index < -0.39 is 0 Å². The fourth-order valence-electron chi connectivity index (χ4n) is 2.40. The van der Waals surface area contributed by atoms with Gasteiger partial charge in [-0.3, -0.25) is 4.98 Å². The van der Waals surface area contributed by atoms with Gasteiger partial charge in [0.15, 0.2) is 0 Å². The van der Waals surface area contributed by atoms with E-state index in [0.717, 1.165) is 22.4 Å². The minimum absolute atomic E-state index is 0.210. The summed E-state index contributed by atoms with van der Waals surface area (Å²) in [6, 6.07) is 6.51. The van der Waals surface area contributed by atoms with Crippen molar-refractivity contribution in [3.05, 3.63) is 42.5 Å². The van der Waals surface area contributed by atoms with E-state index in [1.165, 1.54) is 12.1 Å². The summed E-state index contributed by atoms with van der Waals surface area (Å²) in [7, 11) is 0. The van der Waals surface area contributed by atoms with Crippen LogP contribution in [0.25, 0.3) is 22.4 Å². The third kappa shape index (κ3) is 1.91. The molecule has 4 nitrogen and oxygen atoms in total. The van der Waals surface area contributed by atoms with E-state index >= 15 is 0 Å². The molecule has 0 aliphatic heterocycles. The van der Waals surface area contributed by atoms with Gasteiger partial charge in [-0.05, 0) is 38.1 Å². The van der Waals surface area contributed by atoms with Gasteiger partial charge in [-0.1, -0.05) is 0 Å². The number of pyridine rings is 1. The van der Waals surface area contributed by atoms with Crippen LogP contribution in [0, 0.1) is 5.82 Å². The predicted octanol–water partition coefficient (Wildman–Crippen LogP) is 3.40. The zero-order chi connectivity index (χ0) is 14.3. The first-order chi connectivity index (χ1) is 9.58. The number of fused-ring (bicyclic) bond motifs is 1. The van der Waals surface area contributed by atoms with Crippen molar-refractivity contribution in [2.24, 2.45) is 0 Å². The van der Waals surface area contributed by atoms with E-state index in [0.29, 0.717) is 5.69 Å². The standard InChI is InChI=1S/C15H15FN4/c1-9(2)20-14-5-6-18-8-13(14)19-15(20)11-4-3-10(16)7-12(11)17/h3-9H,17H2,1-2H3. The normalized spacial score (nSPS) is 11.4. The number of anilines is 1. The van der Waals surface area contributed by atoms with Gasteiger partial charge in [0, 0.05) is 23.5 Å². The van der Waals surface area contributed by atoms with Gasteiger partial charge in [0.1, 0.15) is 17.2 Å². The summed E-state index contributed by atoms with van der Waals surface area (Å²) in [5.41, 5.74) is 8.85. The molecule has 0 fully saturated rings. The second-order valence-corrected chi connectivity index (χ2v) is 5.00. The van der Waals surface area contributed by atoms with Crippen LogP contribution in [-0.2, 0) is 0 Å².